The molecule has 1 aliphatic carbocycles. The van der Waals surface area contributed by atoms with Gasteiger partial charge in [0.2, 0.25) is 0 Å². The summed E-state index contributed by atoms with van der Waals surface area (Å²) >= 11 is 0. The lowest BCUT2D eigenvalue weighted by molar-refractivity contribution is -0.143. The minimum Gasteiger partial charge on any atom is -0.507 e. The molecule has 11 heteroatoms. The largest absolute Gasteiger partial charge is 0.507 e. The fraction of sp³-hybridized carbons (Fsp3) is 0.633. The quantitative estimate of drug-likeness (QED) is 0.181. The van der Waals surface area contributed by atoms with Crippen molar-refractivity contribution < 1.29 is 32.5 Å². The van der Waals surface area contributed by atoms with Crippen molar-refractivity contribution in [2.45, 2.75) is 103 Å². The van der Waals surface area contributed by atoms with Gasteiger partial charge < -0.3 is 25.6 Å². The maximum absolute atomic E-state index is 13.5. The SMILES string of the molecule is CCOC(=O)CCCCC1CCCC[C@@H](Nc2nnc3c(c2CN)CCCOCc2cc(C(F)(F)F)cc(O)c2-3)C1. The van der Waals surface area contributed by atoms with Crippen LogP contribution in [0.1, 0.15) is 93.4 Å². The fourth-order valence-corrected chi connectivity index (χ4v) is 6.07. The van der Waals surface area contributed by atoms with Crippen molar-refractivity contribution in [1.82, 2.24) is 10.2 Å². The zero-order chi connectivity index (χ0) is 29.4. The van der Waals surface area contributed by atoms with E-state index in [1.165, 1.54) is 0 Å². The number of nitrogens with zero attached hydrogens (tertiary/aromatic N) is 2. The highest BCUT2D eigenvalue weighted by Crippen LogP contribution is 2.42. The third-order valence-electron chi connectivity index (χ3n) is 8.05. The minimum atomic E-state index is -4.60. The second-order valence-electron chi connectivity index (χ2n) is 11.0. The molecule has 0 radical (unpaired) electrons. The van der Waals surface area contributed by atoms with Gasteiger partial charge in [-0.15, -0.1) is 10.2 Å². The maximum atomic E-state index is 13.5. The maximum Gasteiger partial charge on any atom is 0.416 e. The lowest BCUT2D eigenvalue weighted by atomic mass is 9.91. The van der Waals surface area contributed by atoms with E-state index in [-0.39, 0.29) is 36.3 Å². The summed E-state index contributed by atoms with van der Waals surface area (Å²) in [5, 5.41) is 23.3. The van der Waals surface area contributed by atoms with Crippen LogP contribution in [0.4, 0.5) is 19.0 Å². The van der Waals surface area contributed by atoms with Gasteiger partial charge in [-0.05, 0) is 68.2 Å². The first-order valence-corrected chi connectivity index (χ1v) is 14.7. The van der Waals surface area contributed by atoms with Crippen LogP contribution in [0.3, 0.4) is 0 Å². The van der Waals surface area contributed by atoms with Crippen LogP contribution in [-0.2, 0) is 40.0 Å². The topological polar surface area (TPSA) is 120 Å². The van der Waals surface area contributed by atoms with Gasteiger partial charge in [0.25, 0.3) is 0 Å². The third kappa shape index (κ3) is 8.09. The molecule has 1 fully saturated rings. The molecule has 0 spiro atoms. The van der Waals surface area contributed by atoms with Gasteiger partial charge in [0.15, 0.2) is 5.82 Å². The molecule has 41 heavy (non-hydrogen) atoms. The van der Waals surface area contributed by atoms with Crippen LogP contribution in [0.15, 0.2) is 12.1 Å². The summed E-state index contributed by atoms with van der Waals surface area (Å²) in [5.41, 5.74) is 7.62. The molecule has 2 atom stereocenters. The van der Waals surface area contributed by atoms with E-state index in [1.807, 2.05) is 6.92 Å². The van der Waals surface area contributed by atoms with E-state index >= 15 is 0 Å². The molecule has 0 bridgehead atoms. The lowest BCUT2D eigenvalue weighted by Gasteiger charge is -2.24. The first-order valence-electron chi connectivity index (χ1n) is 14.7. The number of unbranched alkanes of at least 4 members (excludes halogenated alkanes) is 1. The predicted octanol–water partition coefficient (Wildman–Crippen LogP) is 6.27. The van der Waals surface area contributed by atoms with Gasteiger partial charge in [0.1, 0.15) is 11.4 Å². The zero-order valence-electron chi connectivity index (χ0n) is 23.7. The molecule has 0 saturated heterocycles. The Hall–Kier alpha value is -2.92. The van der Waals surface area contributed by atoms with Crippen LogP contribution in [0.5, 0.6) is 5.75 Å². The van der Waals surface area contributed by atoms with Crippen molar-refractivity contribution >= 4 is 11.8 Å². The number of alkyl halides is 3. The molecular weight excluding hydrogens is 537 g/mol. The van der Waals surface area contributed by atoms with Gasteiger partial charge in [-0.3, -0.25) is 4.79 Å². The van der Waals surface area contributed by atoms with Gasteiger partial charge in [0.05, 0.1) is 18.8 Å². The Morgan fingerprint density at radius 3 is 2.76 bits per heavy atom. The minimum absolute atomic E-state index is 0.0743. The number of aromatic nitrogens is 2. The molecule has 4 N–H and O–H groups in total. The molecule has 1 aromatic carbocycles. The van der Waals surface area contributed by atoms with Crippen LogP contribution in [0.25, 0.3) is 11.3 Å². The van der Waals surface area contributed by atoms with E-state index in [0.29, 0.717) is 49.9 Å². The fourth-order valence-electron chi connectivity index (χ4n) is 6.07. The number of hydrogen-bond acceptors (Lipinski definition) is 8. The van der Waals surface area contributed by atoms with Crippen molar-refractivity contribution in [3.8, 4) is 17.0 Å². The molecular formula is C30H41F3N4O4. The van der Waals surface area contributed by atoms with Crippen molar-refractivity contribution in [2.24, 2.45) is 11.7 Å². The highest BCUT2D eigenvalue weighted by Gasteiger charge is 2.34. The first kappa shape index (κ1) is 31.0. The Balaban J connectivity index is 1.56. The van der Waals surface area contributed by atoms with Crippen molar-refractivity contribution in [2.75, 3.05) is 18.5 Å². The van der Waals surface area contributed by atoms with Crippen molar-refractivity contribution in [3.05, 3.63) is 34.4 Å². The van der Waals surface area contributed by atoms with Gasteiger partial charge in [-0.1, -0.05) is 32.1 Å². The molecule has 2 aromatic rings. The third-order valence-corrected chi connectivity index (χ3v) is 8.05. The number of ether oxygens (including phenoxy) is 2. The van der Waals surface area contributed by atoms with Crippen molar-refractivity contribution in [1.29, 1.82) is 0 Å². The Kier molecular flexibility index (Phi) is 10.8. The molecule has 1 saturated carbocycles. The summed E-state index contributed by atoms with van der Waals surface area (Å²) in [4.78, 5) is 11.6. The molecule has 2 aliphatic rings. The van der Waals surface area contributed by atoms with Crippen molar-refractivity contribution in [3.63, 3.8) is 0 Å². The lowest BCUT2D eigenvalue weighted by Crippen LogP contribution is -2.24. The Morgan fingerprint density at radius 1 is 1.20 bits per heavy atom. The normalized spacial score (nSPS) is 19.6. The molecule has 8 nitrogen and oxygen atoms in total. The van der Waals surface area contributed by atoms with Gasteiger partial charge in [0, 0.05) is 36.7 Å². The van der Waals surface area contributed by atoms with E-state index in [9.17, 15) is 23.1 Å². The number of aromatic hydroxyl groups is 1. The number of benzene rings is 1. The number of carbonyl (C=O) groups excluding carboxylic acids is 1. The number of nitrogens with two attached hydrogens (primary N) is 1. The molecule has 1 aliphatic heterocycles. The van der Waals surface area contributed by atoms with Crippen LogP contribution >= 0.6 is 0 Å². The Labute approximate surface area is 239 Å². The number of esters is 1. The highest BCUT2D eigenvalue weighted by molar-refractivity contribution is 5.76. The van der Waals surface area contributed by atoms with Crippen LogP contribution in [-0.4, -0.2) is 40.5 Å². The number of carbonyl (C=O) groups is 1. The summed E-state index contributed by atoms with van der Waals surface area (Å²) < 4.78 is 51.1. The number of nitrogens with one attached hydrogen (secondary N) is 1. The summed E-state index contributed by atoms with van der Waals surface area (Å²) in [7, 11) is 0. The van der Waals surface area contributed by atoms with E-state index in [0.717, 1.165) is 74.6 Å². The number of rotatable bonds is 9. The molecule has 226 valence electrons. The van der Waals surface area contributed by atoms with Crippen LogP contribution < -0.4 is 11.1 Å². The van der Waals surface area contributed by atoms with E-state index in [2.05, 4.69) is 15.5 Å². The summed E-state index contributed by atoms with van der Waals surface area (Å²) in [6.45, 7) is 2.67. The summed E-state index contributed by atoms with van der Waals surface area (Å²) in [5.74, 6) is 0.475. The van der Waals surface area contributed by atoms with Gasteiger partial charge in [-0.25, -0.2) is 0 Å². The average molecular weight is 579 g/mol. The average Bonchev–Trinajstić information content (AvgIpc) is 3.10. The van der Waals surface area contributed by atoms with E-state index in [4.69, 9.17) is 15.2 Å². The second-order valence-corrected chi connectivity index (χ2v) is 11.0. The smallest absolute Gasteiger partial charge is 0.416 e. The number of halogens is 3. The molecule has 1 aromatic heterocycles. The highest BCUT2D eigenvalue weighted by atomic mass is 19.4. The molecule has 4 rings (SSSR count). The van der Waals surface area contributed by atoms with Gasteiger partial charge in [-0.2, -0.15) is 13.2 Å². The number of fused-ring (bicyclic) bond motifs is 3. The number of phenolic OH excluding ortho intramolecular Hbond substituents is 1. The van der Waals surface area contributed by atoms with Crippen LogP contribution in [0.2, 0.25) is 0 Å². The van der Waals surface area contributed by atoms with E-state index < -0.39 is 17.5 Å². The second kappa shape index (κ2) is 14.3. The monoisotopic (exact) mass is 578 g/mol. The number of anilines is 1. The summed E-state index contributed by atoms with van der Waals surface area (Å²) in [6.07, 6.45) is 5.21. The number of phenols is 1. The Morgan fingerprint density at radius 2 is 2.00 bits per heavy atom. The van der Waals surface area contributed by atoms with Gasteiger partial charge >= 0.3 is 12.1 Å². The zero-order valence-corrected chi connectivity index (χ0v) is 23.7. The molecule has 2 heterocycles. The predicted molar refractivity (Wildman–Crippen MR) is 149 cm³/mol. The first-order chi connectivity index (χ1) is 19.7. The number of hydrogen-bond donors (Lipinski definition) is 3. The summed E-state index contributed by atoms with van der Waals surface area (Å²) in [6, 6.07) is 1.92. The molecule has 0 amide bonds. The van der Waals surface area contributed by atoms with Crippen LogP contribution in [0, 0.1) is 5.92 Å². The molecule has 1 unspecified atom stereocenters. The van der Waals surface area contributed by atoms with E-state index in [1.54, 1.807) is 0 Å². The standard InChI is InChI=1S/C30H41F3N4O4/c1-2-41-26(39)12-6-4-9-19-8-3-5-10-22(14-19)35-29-24(17-34)23-11-7-13-40-18-20-15-21(30(31,32)33)16-25(38)27(20)28(23)36-37-29/h15-16,19,22,38H,2-14,17-18,34H2,1H3,(H,35,37)/t19?,22-/m1/s1. The Bertz CT molecular complexity index is 1190.